The fourth-order valence-corrected chi connectivity index (χ4v) is 1.55. The van der Waals surface area contributed by atoms with E-state index in [0.717, 1.165) is 6.42 Å². The van der Waals surface area contributed by atoms with Crippen LogP contribution in [0.3, 0.4) is 0 Å². The van der Waals surface area contributed by atoms with Crippen molar-refractivity contribution in [1.82, 2.24) is 5.32 Å². The summed E-state index contributed by atoms with van der Waals surface area (Å²) in [4.78, 5) is 12.2. The highest BCUT2D eigenvalue weighted by atomic mass is 16.5. The molecule has 0 atom stereocenters. The van der Waals surface area contributed by atoms with Gasteiger partial charge in [-0.1, -0.05) is 18.8 Å². The van der Waals surface area contributed by atoms with Crippen molar-refractivity contribution in [1.29, 1.82) is 0 Å². The number of nitrogens with one attached hydrogen (secondary N) is 1. The molecule has 0 aromatic heterocycles. The molecule has 4 heteroatoms. The van der Waals surface area contributed by atoms with Crippen LogP contribution in [0.2, 0.25) is 0 Å². The Bertz CT molecular complexity index is 538. The van der Waals surface area contributed by atoms with Crippen LogP contribution in [-0.4, -0.2) is 30.3 Å². The van der Waals surface area contributed by atoms with Crippen LogP contribution in [0.5, 0.6) is 5.75 Å². The summed E-state index contributed by atoms with van der Waals surface area (Å²) in [6.45, 7) is 5.73. The second-order valence-electron chi connectivity index (χ2n) is 5.07. The minimum Gasteiger partial charge on any atom is -0.495 e. The molecule has 0 saturated carbocycles. The minimum absolute atomic E-state index is 0.147. The van der Waals surface area contributed by atoms with Crippen molar-refractivity contribution in [3.05, 3.63) is 29.3 Å². The van der Waals surface area contributed by atoms with Gasteiger partial charge in [0.15, 0.2) is 0 Å². The lowest BCUT2D eigenvalue weighted by Gasteiger charge is -2.24. The van der Waals surface area contributed by atoms with Gasteiger partial charge in [0.05, 0.1) is 12.7 Å². The molecule has 0 aliphatic rings. The summed E-state index contributed by atoms with van der Waals surface area (Å²) in [7, 11) is 1.54. The predicted octanol–water partition coefficient (Wildman–Crippen LogP) is 1.96. The standard InChI is InChI=1S/C16H21NO3/c1-5-16(2,3)17-15(19)13-8-9-14(20-4)12(11-13)7-6-10-18/h8-9,11,18H,5,10H2,1-4H3,(H,17,19). The van der Waals surface area contributed by atoms with E-state index in [1.807, 2.05) is 20.8 Å². The van der Waals surface area contributed by atoms with Gasteiger partial charge in [0, 0.05) is 11.1 Å². The van der Waals surface area contributed by atoms with Gasteiger partial charge in [0.2, 0.25) is 0 Å². The van der Waals surface area contributed by atoms with Gasteiger partial charge in [-0.15, -0.1) is 0 Å². The first kappa shape index (κ1) is 16.1. The molecule has 0 unspecified atom stereocenters. The number of carbonyl (C=O) groups is 1. The zero-order valence-electron chi connectivity index (χ0n) is 12.4. The summed E-state index contributed by atoms with van der Waals surface area (Å²) < 4.78 is 5.18. The fraction of sp³-hybridized carbons (Fsp3) is 0.438. The molecule has 1 amide bonds. The Kier molecular flexibility index (Phi) is 5.60. The van der Waals surface area contributed by atoms with Gasteiger partial charge in [-0.05, 0) is 38.5 Å². The van der Waals surface area contributed by atoms with E-state index in [9.17, 15) is 4.79 Å². The summed E-state index contributed by atoms with van der Waals surface area (Å²) in [5.74, 6) is 5.77. The van der Waals surface area contributed by atoms with Crippen LogP contribution in [0.25, 0.3) is 0 Å². The number of rotatable bonds is 4. The van der Waals surface area contributed by atoms with Gasteiger partial charge in [-0.3, -0.25) is 4.79 Å². The predicted molar refractivity (Wildman–Crippen MR) is 78.8 cm³/mol. The van der Waals surface area contributed by atoms with E-state index < -0.39 is 0 Å². The van der Waals surface area contributed by atoms with E-state index in [4.69, 9.17) is 9.84 Å². The quantitative estimate of drug-likeness (QED) is 0.826. The lowest BCUT2D eigenvalue weighted by molar-refractivity contribution is 0.0911. The van der Waals surface area contributed by atoms with E-state index in [1.54, 1.807) is 25.3 Å². The largest absolute Gasteiger partial charge is 0.495 e. The van der Waals surface area contributed by atoms with Gasteiger partial charge >= 0.3 is 0 Å². The zero-order valence-corrected chi connectivity index (χ0v) is 12.4. The fourth-order valence-electron chi connectivity index (χ4n) is 1.55. The lowest BCUT2D eigenvalue weighted by Crippen LogP contribution is -2.42. The molecule has 0 aliphatic heterocycles. The van der Waals surface area contributed by atoms with Crippen LogP contribution in [-0.2, 0) is 0 Å². The number of aliphatic hydroxyl groups excluding tert-OH is 1. The van der Waals surface area contributed by atoms with Crippen LogP contribution >= 0.6 is 0 Å². The van der Waals surface area contributed by atoms with E-state index in [0.29, 0.717) is 16.9 Å². The molecule has 0 heterocycles. The molecule has 0 fully saturated rings. The maximum Gasteiger partial charge on any atom is 0.251 e. The van der Waals surface area contributed by atoms with Crippen molar-refractivity contribution in [2.45, 2.75) is 32.7 Å². The second kappa shape index (κ2) is 6.97. The molecule has 0 saturated heterocycles. The van der Waals surface area contributed by atoms with Crippen LogP contribution in [0.4, 0.5) is 0 Å². The molecule has 0 bridgehead atoms. The Hall–Kier alpha value is -1.99. The lowest BCUT2D eigenvalue weighted by atomic mass is 10.0. The molecular formula is C16H21NO3. The SMILES string of the molecule is CCC(C)(C)NC(=O)c1ccc(OC)c(C#CCO)c1. The van der Waals surface area contributed by atoms with Crippen molar-refractivity contribution in [3.63, 3.8) is 0 Å². The molecule has 1 aromatic carbocycles. The van der Waals surface area contributed by atoms with Crippen molar-refractivity contribution in [2.75, 3.05) is 13.7 Å². The topological polar surface area (TPSA) is 58.6 Å². The van der Waals surface area contributed by atoms with Gasteiger partial charge in [-0.25, -0.2) is 0 Å². The van der Waals surface area contributed by atoms with Crippen molar-refractivity contribution in [3.8, 4) is 17.6 Å². The molecule has 2 N–H and O–H groups in total. The summed E-state index contributed by atoms with van der Waals surface area (Å²) >= 11 is 0. The average molecular weight is 275 g/mol. The Morgan fingerprint density at radius 2 is 2.15 bits per heavy atom. The van der Waals surface area contributed by atoms with Crippen molar-refractivity contribution in [2.24, 2.45) is 0 Å². The third kappa shape index (κ3) is 4.29. The Morgan fingerprint density at radius 3 is 2.70 bits per heavy atom. The van der Waals surface area contributed by atoms with Gasteiger partial charge in [0.25, 0.3) is 5.91 Å². The molecule has 0 radical (unpaired) electrons. The Balaban J connectivity index is 3.05. The molecule has 20 heavy (non-hydrogen) atoms. The summed E-state index contributed by atoms with van der Waals surface area (Å²) in [6.07, 6.45) is 0.839. The molecule has 1 rings (SSSR count). The highest BCUT2D eigenvalue weighted by molar-refractivity contribution is 5.95. The van der Waals surface area contributed by atoms with Crippen LogP contribution in [0.15, 0.2) is 18.2 Å². The Morgan fingerprint density at radius 1 is 1.45 bits per heavy atom. The first-order valence-electron chi connectivity index (χ1n) is 6.53. The molecular weight excluding hydrogens is 254 g/mol. The third-order valence-electron chi connectivity index (χ3n) is 3.10. The maximum atomic E-state index is 12.2. The summed E-state index contributed by atoms with van der Waals surface area (Å²) in [6, 6.07) is 5.07. The van der Waals surface area contributed by atoms with E-state index >= 15 is 0 Å². The molecule has 1 aromatic rings. The van der Waals surface area contributed by atoms with Crippen LogP contribution < -0.4 is 10.1 Å². The number of carbonyl (C=O) groups excluding carboxylic acids is 1. The second-order valence-corrected chi connectivity index (χ2v) is 5.07. The monoisotopic (exact) mass is 275 g/mol. The Labute approximate surface area is 120 Å². The molecule has 4 nitrogen and oxygen atoms in total. The zero-order chi connectivity index (χ0) is 15.2. The number of benzene rings is 1. The first-order chi connectivity index (χ1) is 9.43. The summed E-state index contributed by atoms with van der Waals surface area (Å²) in [5.41, 5.74) is 0.853. The molecule has 0 spiro atoms. The number of aliphatic hydroxyl groups is 1. The number of amides is 1. The number of hydrogen-bond acceptors (Lipinski definition) is 3. The summed E-state index contributed by atoms with van der Waals surface area (Å²) in [5, 5.41) is 11.7. The molecule has 108 valence electrons. The van der Waals surface area contributed by atoms with Crippen molar-refractivity contribution < 1.29 is 14.6 Å². The van der Waals surface area contributed by atoms with E-state index in [2.05, 4.69) is 17.2 Å². The third-order valence-corrected chi connectivity index (χ3v) is 3.10. The van der Waals surface area contributed by atoms with Gasteiger partial charge < -0.3 is 15.2 Å². The average Bonchev–Trinajstić information content (AvgIpc) is 2.44. The van der Waals surface area contributed by atoms with E-state index in [1.165, 1.54) is 0 Å². The van der Waals surface area contributed by atoms with Crippen LogP contribution in [0.1, 0.15) is 43.1 Å². The number of ether oxygens (including phenoxy) is 1. The van der Waals surface area contributed by atoms with Crippen LogP contribution in [0, 0.1) is 11.8 Å². The number of methoxy groups -OCH3 is 1. The first-order valence-corrected chi connectivity index (χ1v) is 6.53. The van der Waals surface area contributed by atoms with Gasteiger partial charge in [0.1, 0.15) is 12.4 Å². The number of hydrogen-bond donors (Lipinski definition) is 2. The maximum absolute atomic E-state index is 12.2. The van der Waals surface area contributed by atoms with Crippen molar-refractivity contribution >= 4 is 5.91 Å². The highest BCUT2D eigenvalue weighted by Crippen LogP contribution is 2.19. The normalized spacial score (nSPS) is 10.4. The molecule has 0 aliphatic carbocycles. The van der Waals surface area contributed by atoms with E-state index in [-0.39, 0.29) is 18.1 Å². The smallest absolute Gasteiger partial charge is 0.251 e. The minimum atomic E-state index is -0.256. The van der Waals surface area contributed by atoms with Gasteiger partial charge in [-0.2, -0.15) is 0 Å². The highest BCUT2D eigenvalue weighted by Gasteiger charge is 2.19.